The summed E-state index contributed by atoms with van der Waals surface area (Å²) in [6, 6.07) is 11.7. The first-order valence-corrected chi connectivity index (χ1v) is 8.70. The number of hydrogen-bond donors (Lipinski definition) is 2. The molecule has 132 valence electrons. The lowest BCUT2D eigenvalue weighted by atomic mass is 9.84. The molecule has 3 aromatic rings. The number of aryl methyl sites for hydroxylation is 1. The van der Waals surface area contributed by atoms with Crippen LogP contribution in [0.25, 0.3) is 16.7 Å². The number of hydrogen-bond acceptors (Lipinski definition) is 4. The van der Waals surface area contributed by atoms with Crippen molar-refractivity contribution in [2.75, 3.05) is 6.61 Å². The molecule has 0 radical (unpaired) electrons. The quantitative estimate of drug-likeness (QED) is 0.695. The zero-order valence-corrected chi connectivity index (χ0v) is 15.0. The maximum Gasteiger partial charge on any atom is 0.146 e. The Bertz CT molecular complexity index is 845. The van der Waals surface area contributed by atoms with Crippen molar-refractivity contribution in [2.45, 2.75) is 45.4 Å². The van der Waals surface area contributed by atoms with Gasteiger partial charge in [-0.2, -0.15) is 0 Å². The maximum absolute atomic E-state index is 10.9. The van der Waals surface area contributed by atoms with Crippen LogP contribution in [0, 0.1) is 0 Å². The van der Waals surface area contributed by atoms with Gasteiger partial charge >= 0.3 is 0 Å². The van der Waals surface area contributed by atoms with Gasteiger partial charge in [-0.15, -0.1) is 15.0 Å². The second-order valence-corrected chi connectivity index (χ2v) is 7.42. The summed E-state index contributed by atoms with van der Waals surface area (Å²) < 4.78 is 0. The van der Waals surface area contributed by atoms with Crippen molar-refractivity contribution in [2.24, 2.45) is 0 Å². The summed E-state index contributed by atoms with van der Waals surface area (Å²) >= 11 is 0. The molecule has 0 fully saturated rings. The minimum Gasteiger partial charge on any atom is -0.505 e. The third kappa shape index (κ3) is 3.66. The van der Waals surface area contributed by atoms with Gasteiger partial charge < -0.3 is 10.2 Å². The van der Waals surface area contributed by atoms with Crippen molar-refractivity contribution >= 4 is 11.0 Å². The zero-order chi connectivity index (χ0) is 18.0. The molecule has 0 saturated carbocycles. The summed E-state index contributed by atoms with van der Waals surface area (Å²) in [5.41, 5.74) is 3.99. The Balaban J connectivity index is 2.11. The van der Waals surface area contributed by atoms with Crippen LogP contribution in [0.1, 0.15) is 44.7 Å². The van der Waals surface area contributed by atoms with E-state index in [9.17, 15) is 5.11 Å². The number of aromatic hydroxyl groups is 1. The van der Waals surface area contributed by atoms with Gasteiger partial charge in [0.15, 0.2) is 0 Å². The fourth-order valence-corrected chi connectivity index (χ4v) is 2.95. The van der Waals surface area contributed by atoms with Crippen LogP contribution in [0.3, 0.4) is 0 Å². The first-order valence-electron chi connectivity index (χ1n) is 8.70. The summed E-state index contributed by atoms with van der Waals surface area (Å²) in [5, 5.41) is 28.9. The molecule has 25 heavy (non-hydrogen) atoms. The number of nitrogens with zero attached hydrogens (tertiary/aromatic N) is 3. The van der Waals surface area contributed by atoms with E-state index in [0.29, 0.717) is 5.69 Å². The molecule has 0 bridgehead atoms. The molecule has 0 aliphatic rings. The van der Waals surface area contributed by atoms with Crippen LogP contribution in [-0.2, 0) is 11.8 Å². The van der Waals surface area contributed by atoms with Gasteiger partial charge in [-0.25, -0.2) is 0 Å². The second kappa shape index (κ2) is 6.84. The number of benzene rings is 2. The highest BCUT2D eigenvalue weighted by molar-refractivity contribution is 5.73. The van der Waals surface area contributed by atoms with E-state index < -0.39 is 0 Å². The van der Waals surface area contributed by atoms with Crippen LogP contribution in [-0.4, -0.2) is 31.8 Å². The van der Waals surface area contributed by atoms with Gasteiger partial charge in [0, 0.05) is 12.2 Å². The SMILES string of the molecule is CC(C)(C)c1cc(CCCCO)cc(-n2nc3ccccc3n2)c1O. The van der Waals surface area contributed by atoms with E-state index in [4.69, 9.17) is 5.11 Å². The molecule has 0 amide bonds. The highest BCUT2D eigenvalue weighted by atomic mass is 16.3. The lowest BCUT2D eigenvalue weighted by Gasteiger charge is -2.23. The van der Waals surface area contributed by atoms with Crippen molar-refractivity contribution in [3.8, 4) is 11.4 Å². The molecule has 1 heterocycles. The highest BCUT2D eigenvalue weighted by Crippen LogP contribution is 2.36. The number of aromatic nitrogens is 3. The molecule has 5 heteroatoms. The Morgan fingerprint density at radius 1 is 1.00 bits per heavy atom. The normalized spacial score (nSPS) is 12.0. The number of unbranched alkanes of at least 4 members (excludes halogenated alkanes) is 1. The fraction of sp³-hybridized carbons (Fsp3) is 0.400. The number of phenolic OH excluding ortho intramolecular Hbond substituents is 1. The van der Waals surface area contributed by atoms with E-state index in [1.54, 1.807) is 0 Å². The summed E-state index contributed by atoms with van der Waals surface area (Å²) in [4.78, 5) is 1.52. The van der Waals surface area contributed by atoms with Gasteiger partial charge in [0.2, 0.25) is 0 Å². The first kappa shape index (κ1) is 17.4. The monoisotopic (exact) mass is 339 g/mol. The van der Waals surface area contributed by atoms with E-state index in [0.717, 1.165) is 41.4 Å². The Hall–Kier alpha value is -2.40. The Morgan fingerprint density at radius 2 is 1.64 bits per heavy atom. The Kier molecular flexibility index (Phi) is 4.77. The predicted octanol–water partition coefficient (Wildman–Crippen LogP) is 3.74. The predicted molar refractivity (Wildman–Crippen MR) is 99.3 cm³/mol. The molecule has 0 unspecified atom stereocenters. The number of phenols is 1. The van der Waals surface area contributed by atoms with Crippen LogP contribution in [0.5, 0.6) is 5.75 Å². The Labute approximate surface area is 147 Å². The van der Waals surface area contributed by atoms with E-state index in [-0.39, 0.29) is 17.8 Å². The van der Waals surface area contributed by atoms with Gasteiger partial charge in [0.25, 0.3) is 0 Å². The molecular weight excluding hydrogens is 314 g/mol. The molecule has 2 aromatic carbocycles. The smallest absolute Gasteiger partial charge is 0.146 e. The second-order valence-electron chi connectivity index (χ2n) is 7.42. The highest BCUT2D eigenvalue weighted by Gasteiger charge is 2.23. The van der Waals surface area contributed by atoms with Crippen LogP contribution >= 0.6 is 0 Å². The molecule has 3 rings (SSSR count). The molecular formula is C20H25N3O2. The summed E-state index contributed by atoms with van der Waals surface area (Å²) in [6.45, 7) is 6.44. The van der Waals surface area contributed by atoms with Gasteiger partial charge in [0.1, 0.15) is 22.5 Å². The molecule has 1 aromatic heterocycles. The van der Waals surface area contributed by atoms with E-state index >= 15 is 0 Å². The van der Waals surface area contributed by atoms with Crippen LogP contribution < -0.4 is 0 Å². The minimum atomic E-state index is -0.196. The van der Waals surface area contributed by atoms with Gasteiger partial charge in [0.05, 0.1) is 0 Å². The van der Waals surface area contributed by atoms with Crippen LogP contribution in [0.4, 0.5) is 0 Å². The third-order valence-electron chi connectivity index (χ3n) is 4.33. The average molecular weight is 339 g/mol. The number of aliphatic hydroxyl groups is 1. The maximum atomic E-state index is 10.9. The number of rotatable bonds is 5. The van der Waals surface area contributed by atoms with Crippen molar-refractivity contribution in [1.29, 1.82) is 0 Å². The van der Waals surface area contributed by atoms with Crippen molar-refractivity contribution < 1.29 is 10.2 Å². The van der Waals surface area contributed by atoms with Gasteiger partial charge in [-0.3, -0.25) is 0 Å². The van der Waals surface area contributed by atoms with E-state index in [1.807, 2.05) is 30.3 Å². The summed E-state index contributed by atoms with van der Waals surface area (Å²) in [5.74, 6) is 0.221. The third-order valence-corrected chi connectivity index (χ3v) is 4.33. The standard InChI is InChI=1S/C20H25N3O2/c1-20(2,3)15-12-14(8-6-7-11-24)13-18(19(15)25)23-21-16-9-4-5-10-17(16)22-23/h4-5,9-10,12-13,24-25H,6-8,11H2,1-3H3. The average Bonchev–Trinajstić information content (AvgIpc) is 2.99. The minimum absolute atomic E-state index is 0.196. The van der Waals surface area contributed by atoms with E-state index in [2.05, 4.69) is 37.0 Å². The molecule has 0 aliphatic carbocycles. The Morgan fingerprint density at radius 3 is 2.20 bits per heavy atom. The van der Waals surface area contributed by atoms with Gasteiger partial charge in [-0.1, -0.05) is 39.0 Å². The van der Waals surface area contributed by atoms with Crippen molar-refractivity contribution in [3.05, 3.63) is 47.5 Å². The molecule has 2 N–H and O–H groups in total. The summed E-state index contributed by atoms with van der Waals surface area (Å²) in [6.07, 6.45) is 2.52. The molecule has 0 atom stereocenters. The topological polar surface area (TPSA) is 71.2 Å². The van der Waals surface area contributed by atoms with Gasteiger partial charge in [-0.05, 0) is 48.4 Å². The number of fused-ring (bicyclic) bond motifs is 1. The van der Waals surface area contributed by atoms with Crippen LogP contribution in [0.15, 0.2) is 36.4 Å². The number of aliphatic hydroxyl groups excluding tert-OH is 1. The molecule has 5 nitrogen and oxygen atoms in total. The molecule has 0 spiro atoms. The first-order chi connectivity index (χ1) is 11.9. The lowest BCUT2D eigenvalue weighted by molar-refractivity contribution is 0.284. The lowest BCUT2D eigenvalue weighted by Crippen LogP contribution is -2.14. The largest absolute Gasteiger partial charge is 0.505 e. The summed E-state index contributed by atoms with van der Waals surface area (Å²) in [7, 11) is 0. The zero-order valence-electron chi connectivity index (χ0n) is 15.0. The van der Waals surface area contributed by atoms with Crippen molar-refractivity contribution in [1.82, 2.24) is 15.0 Å². The van der Waals surface area contributed by atoms with Crippen molar-refractivity contribution in [3.63, 3.8) is 0 Å². The molecule has 0 saturated heterocycles. The fourth-order valence-electron chi connectivity index (χ4n) is 2.95. The van der Waals surface area contributed by atoms with Crippen LogP contribution in [0.2, 0.25) is 0 Å². The molecule has 0 aliphatic heterocycles. The van der Waals surface area contributed by atoms with E-state index in [1.165, 1.54) is 4.80 Å².